The van der Waals surface area contributed by atoms with E-state index in [4.69, 9.17) is 14.2 Å². The quantitative estimate of drug-likeness (QED) is 0.497. The van der Waals surface area contributed by atoms with Crippen molar-refractivity contribution in [3.05, 3.63) is 0 Å². The predicted octanol–water partition coefficient (Wildman–Crippen LogP) is 2.92. The first kappa shape index (κ1) is 23.4. The van der Waals surface area contributed by atoms with Gasteiger partial charge in [0.15, 0.2) is 6.10 Å². The van der Waals surface area contributed by atoms with Gasteiger partial charge in [-0.05, 0) is 37.5 Å². The number of hydrogen-bond donors (Lipinski definition) is 1. The van der Waals surface area contributed by atoms with E-state index in [1.807, 2.05) is 4.90 Å². The van der Waals surface area contributed by atoms with Crippen molar-refractivity contribution >= 4 is 12.0 Å². The molecule has 33 heavy (non-hydrogen) atoms. The molecule has 8 heteroatoms. The highest BCUT2D eigenvalue weighted by Gasteiger charge is 2.77. The molecule has 0 aromatic rings. The van der Waals surface area contributed by atoms with Gasteiger partial charge in [-0.3, -0.25) is 9.69 Å². The molecule has 0 aromatic carbocycles. The van der Waals surface area contributed by atoms with Gasteiger partial charge in [0.2, 0.25) is 5.91 Å². The highest BCUT2D eigenvalue weighted by molar-refractivity contribution is 5.79. The number of methoxy groups -OCH3 is 1. The standard InChI is InChI=1S/C25H40N2O6/c1-31-17-32-16-24-11-8-6-4-2-3-5-7-9-21(29)26-12-10-19-18(13-24)14-27-23(30)33-20(15-28)25(19,27)22(24)26/h18-20,22,28H,2-17H2,1H3/t18-,19+,20+,22-,24-,25+/m0/s1. The van der Waals surface area contributed by atoms with Crippen LogP contribution in [-0.4, -0.2) is 84.8 Å². The van der Waals surface area contributed by atoms with Crippen molar-refractivity contribution in [2.45, 2.75) is 88.3 Å². The van der Waals surface area contributed by atoms with Crippen molar-refractivity contribution in [3.63, 3.8) is 0 Å². The third kappa shape index (κ3) is 3.59. The largest absolute Gasteiger partial charge is 0.441 e. The van der Waals surface area contributed by atoms with Crippen molar-refractivity contribution in [1.82, 2.24) is 9.80 Å². The van der Waals surface area contributed by atoms with E-state index in [0.29, 0.717) is 25.5 Å². The summed E-state index contributed by atoms with van der Waals surface area (Å²) in [5.74, 6) is 0.785. The third-order valence-electron chi connectivity index (χ3n) is 9.35. The number of aliphatic hydroxyl groups is 1. The number of hydrogen-bond acceptors (Lipinski definition) is 6. The summed E-state index contributed by atoms with van der Waals surface area (Å²) in [5.41, 5.74) is -0.931. The summed E-state index contributed by atoms with van der Waals surface area (Å²) in [5, 5.41) is 10.4. The van der Waals surface area contributed by atoms with E-state index in [-0.39, 0.29) is 42.8 Å². The maximum Gasteiger partial charge on any atom is 0.410 e. The molecule has 1 aliphatic carbocycles. The number of carbonyl (C=O) groups is 2. The zero-order chi connectivity index (χ0) is 23.1. The molecule has 8 nitrogen and oxygen atoms in total. The normalized spacial score (nSPS) is 41.2. The van der Waals surface area contributed by atoms with Gasteiger partial charge in [0.05, 0.1) is 19.3 Å². The summed E-state index contributed by atoms with van der Waals surface area (Å²) in [7, 11) is 1.63. The van der Waals surface area contributed by atoms with E-state index in [0.717, 1.165) is 45.1 Å². The molecule has 6 atom stereocenters. The van der Waals surface area contributed by atoms with Crippen molar-refractivity contribution in [1.29, 1.82) is 0 Å². The Balaban J connectivity index is 1.61. The summed E-state index contributed by atoms with van der Waals surface area (Å²) in [6, 6.07) is -0.198. The maximum atomic E-state index is 13.7. The first-order valence-corrected chi connectivity index (χ1v) is 13.0. The molecule has 1 spiro atoms. The van der Waals surface area contributed by atoms with E-state index in [1.165, 1.54) is 25.7 Å². The van der Waals surface area contributed by atoms with Gasteiger partial charge in [0.25, 0.3) is 0 Å². The Kier molecular flexibility index (Phi) is 6.62. The number of ether oxygens (including phenoxy) is 3. The van der Waals surface area contributed by atoms with Crippen LogP contribution in [0.4, 0.5) is 4.79 Å². The molecule has 1 saturated carbocycles. The van der Waals surface area contributed by atoms with Crippen LogP contribution in [-0.2, 0) is 19.0 Å². The zero-order valence-electron chi connectivity index (χ0n) is 20.0. The van der Waals surface area contributed by atoms with Gasteiger partial charge in [-0.15, -0.1) is 0 Å². The summed E-state index contributed by atoms with van der Waals surface area (Å²) in [6.07, 6.45) is 10.3. The van der Waals surface area contributed by atoms with E-state index in [1.54, 1.807) is 7.11 Å². The van der Waals surface area contributed by atoms with Gasteiger partial charge in [-0.25, -0.2) is 4.79 Å². The molecule has 4 aliphatic heterocycles. The number of amides is 2. The second kappa shape index (κ2) is 9.34. The summed E-state index contributed by atoms with van der Waals surface area (Å²) in [4.78, 5) is 30.7. The number of rotatable bonds is 5. The Hall–Kier alpha value is -1.38. The van der Waals surface area contributed by atoms with Gasteiger partial charge >= 0.3 is 6.09 Å². The highest BCUT2D eigenvalue weighted by atomic mass is 16.7. The van der Waals surface area contributed by atoms with Gasteiger partial charge in [0, 0.05) is 32.0 Å². The number of nitrogens with zero attached hydrogens (tertiary/aromatic N) is 2. The van der Waals surface area contributed by atoms with Crippen molar-refractivity contribution in [2.24, 2.45) is 17.3 Å². The zero-order valence-corrected chi connectivity index (χ0v) is 20.0. The van der Waals surface area contributed by atoms with Crippen LogP contribution in [0.1, 0.15) is 70.6 Å². The molecule has 1 N–H and O–H groups in total. The second-order valence-corrected chi connectivity index (χ2v) is 11.0. The summed E-state index contributed by atoms with van der Waals surface area (Å²) < 4.78 is 17.1. The van der Waals surface area contributed by atoms with Crippen molar-refractivity contribution < 1.29 is 28.9 Å². The first-order chi connectivity index (χ1) is 16.1. The fraction of sp³-hybridized carbons (Fsp3) is 0.920. The third-order valence-corrected chi connectivity index (χ3v) is 9.35. The molecular weight excluding hydrogens is 424 g/mol. The SMILES string of the molecule is COCOC[C@@]12CCCCCCCCCC(=O)N3CC[C@@H]4[C@H](CN5C(=O)O[C@H](CO)[C@@]45[C@@H]31)C2. The van der Waals surface area contributed by atoms with E-state index >= 15 is 0 Å². The Labute approximate surface area is 196 Å². The fourth-order valence-corrected chi connectivity index (χ4v) is 8.34. The fourth-order valence-electron chi connectivity index (χ4n) is 8.34. The minimum atomic E-state index is -0.654. The number of cyclic esters (lactones) is 1. The molecule has 0 aromatic heterocycles. The van der Waals surface area contributed by atoms with Crippen molar-refractivity contribution in [2.75, 3.05) is 40.2 Å². The van der Waals surface area contributed by atoms with Gasteiger partial charge in [-0.1, -0.05) is 38.5 Å². The van der Waals surface area contributed by atoms with Crippen LogP contribution in [0.2, 0.25) is 0 Å². The molecule has 5 aliphatic rings. The lowest BCUT2D eigenvalue weighted by atomic mass is 9.51. The topological polar surface area (TPSA) is 88.5 Å². The number of aliphatic hydroxyl groups excluding tert-OH is 1. The molecular formula is C25H40N2O6. The monoisotopic (exact) mass is 464 g/mol. The molecule has 4 bridgehead atoms. The second-order valence-electron chi connectivity index (χ2n) is 11.0. The minimum absolute atomic E-state index is 0.185. The van der Waals surface area contributed by atoms with Crippen LogP contribution in [0.15, 0.2) is 0 Å². The van der Waals surface area contributed by atoms with Crippen LogP contribution in [0.3, 0.4) is 0 Å². The van der Waals surface area contributed by atoms with Crippen LogP contribution < -0.4 is 0 Å². The Morgan fingerprint density at radius 1 is 1.12 bits per heavy atom. The van der Waals surface area contributed by atoms with Gasteiger partial charge in [-0.2, -0.15) is 0 Å². The summed E-state index contributed by atoms with van der Waals surface area (Å²) >= 11 is 0. The van der Waals surface area contributed by atoms with E-state index in [2.05, 4.69) is 4.90 Å². The van der Waals surface area contributed by atoms with Crippen LogP contribution in [0, 0.1) is 17.3 Å². The molecule has 186 valence electrons. The Morgan fingerprint density at radius 2 is 1.88 bits per heavy atom. The summed E-state index contributed by atoms with van der Waals surface area (Å²) in [6.45, 7) is 1.88. The van der Waals surface area contributed by atoms with Crippen molar-refractivity contribution in [3.8, 4) is 0 Å². The molecule has 0 radical (unpaired) electrons. The van der Waals surface area contributed by atoms with E-state index in [9.17, 15) is 14.7 Å². The smallest absolute Gasteiger partial charge is 0.410 e. The lowest BCUT2D eigenvalue weighted by Crippen LogP contribution is -2.76. The van der Waals surface area contributed by atoms with Crippen LogP contribution >= 0.6 is 0 Å². The van der Waals surface area contributed by atoms with Crippen LogP contribution in [0.25, 0.3) is 0 Å². The minimum Gasteiger partial charge on any atom is -0.441 e. The lowest BCUT2D eigenvalue weighted by molar-refractivity contribution is -0.186. The average Bonchev–Trinajstić information content (AvgIpc) is 3.21. The predicted molar refractivity (Wildman–Crippen MR) is 120 cm³/mol. The molecule has 0 unspecified atom stereocenters. The number of piperidine rings is 1. The Morgan fingerprint density at radius 3 is 2.64 bits per heavy atom. The lowest BCUT2D eigenvalue weighted by Gasteiger charge is -2.63. The molecule has 2 amide bonds. The molecule has 5 rings (SSSR count). The van der Waals surface area contributed by atoms with Crippen LogP contribution in [0.5, 0.6) is 0 Å². The molecule has 5 fully saturated rings. The van der Waals surface area contributed by atoms with Gasteiger partial charge < -0.3 is 24.2 Å². The number of carbonyl (C=O) groups excluding carboxylic acids is 2. The van der Waals surface area contributed by atoms with Gasteiger partial charge in [0.1, 0.15) is 12.3 Å². The first-order valence-electron chi connectivity index (χ1n) is 13.0. The molecule has 4 saturated heterocycles. The highest BCUT2D eigenvalue weighted by Crippen LogP contribution is 2.65. The maximum absolute atomic E-state index is 13.7. The average molecular weight is 465 g/mol. The Bertz CT molecular complexity index is 748. The molecule has 4 heterocycles. The van der Waals surface area contributed by atoms with E-state index < -0.39 is 11.6 Å².